The Morgan fingerprint density at radius 1 is 1.33 bits per heavy atom. The third-order valence-electron chi connectivity index (χ3n) is 4.43. The van der Waals surface area contributed by atoms with Crippen LogP contribution in [-0.2, 0) is 4.74 Å². The molecular weight excluding hydrogens is 306 g/mol. The highest BCUT2D eigenvalue weighted by Gasteiger charge is 2.25. The Morgan fingerprint density at radius 3 is 2.88 bits per heavy atom. The highest BCUT2D eigenvalue weighted by Crippen LogP contribution is 2.14. The number of aromatic nitrogens is 1. The van der Waals surface area contributed by atoms with Crippen LogP contribution in [0.5, 0.6) is 0 Å². The maximum Gasteiger partial charge on any atom is 0.321 e. The van der Waals surface area contributed by atoms with Crippen LogP contribution in [-0.4, -0.2) is 66.2 Å². The van der Waals surface area contributed by atoms with Crippen LogP contribution in [0.3, 0.4) is 0 Å². The Bertz CT molecular complexity index is 592. The first-order valence-corrected chi connectivity index (χ1v) is 8.50. The van der Waals surface area contributed by atoms with Gasteiger partial charge in [0.2, 0.25) is 0 Å². The average Bonchev–Trinajstić information content (AvgIpc) is 2.99. The van der Waals surface area contributed by atoms with Gasteiger partial charge in [0.15, 0.2) is 0 Å². The van der Waals surface area contributed by atoms with E-state index in [1.54, 1.807) is 12.1 Å². The molecule has 0 aromatic carbocycles. The lowest BCUT2D eigenvalue weighted by Crippen LogP contribution is -2.43. The number of amides is 2. The van der Waals surface area contributed by atoms with Crippen LogP contribution < -0.4 is 5.32 Å². The molecule has 7 nitrogen and oxygen atoms in total. The highest BCUT2D eigenvalue weighted by molar-refractivity contribution is 5.89. The van der Waals surface area contributed by atoms with E-state index in [0.717, 1.165) is 26.1 Å². The third kappa shape index (κ3) is 4.43. The van der Waals surface area contributed by atoms with Crippen molar-refractivity contribution in [3.05, 3.63) is 24.0 Å². The number of nitrogens with one attached hydrogen (secondary N) is 1. The molecule has 0 aliphatic carbocycles. The van der Waals surface area contributed by atoms with Gasteiger partial charge in [-0.3, -0.25) is 0 Å². The minimum atomic E-state index is -0.140. The molecule has 7 heteroatoms. The fraction of sp³-hybridized carbons (Fsp3) is 0.588. The quantitative estimate of drug-likeness (QED) is 0.912. The Hall–Kier alpha value is -2.17. The second-order valence-electron chi connectivity index (χ2n) is 6.27. The van der Waals surface area contributed by atoms with Crippen molar-refractivity contribution in [2.75, 3.05) is 44.6 Å². The Balaban J connectivity index is 1.56. The van der Waals surface area contributed by atoms with Crippen molar-refractivity contribution >= 4 is 11.7 Å². The van der Waals surface area contributed by atoms with E-state index >= 15 is 0 Å². The van der Waals surface area contributed by atoms with Gasteiger partial charge in [0.25, 0.3) is 0 Å². The number of rotatable bonds is 3. The second kappa shape index (κ2) is 8.08. The lowest BCUT2D eigenvalue weighted by atomic mass is 10.3. The number of anilines is 1. The number of hydrogen-bond donors (Lipinski definition) is 1. The van der Waals surface area contributed by atoms with Crippen molar-refractivity contribution in [3.63, 3.8) is 0 Å². The molecule has 24 heavy (non-hydrogen) atoms. The summed E-state index contributed by atoms with van der Waals surface area (Å²) in [4.78, 5) is 20.7. The fourth-order valence-corrected chi connectivity index (χ4v) is 3.18. The maximum absolute atomic E-state index is 12.5. The predicted molar refractivity (Wildman–Crippen MR) is 89.6 cm³/mol. The zero-order valence-electron chi connectivity index (χ0n) is 13.8. The van der Waals surface area contributed by atoms with E-state index in [2.05, 4.69) is 15.2 Å². The SMILES string of the molecule is N#Cc1ccc(NC(=O)N2CCCO[C@H](CN3CCCC3)C2)cn1. The van der Waals surface area contributed by atoms with Gasteiger partial charge < -0.3 is 19.9 Å². The van der Waals surface area contributed by atoms with Gasteiger partial charge in [-0.2, -0.15) is 5.26 Å². The number of ether oxygens (including phenoxy) is 1. The topological polar surface area (TPSA) is 81.5 Å². The average molecular weight is 329 g/mol. The number of hydrogen-bond acceptors (Lipinski definition) is 5. The molecule has 2 amide bonds. The molecule has 2 aliphatic rings. The normalized spacial score (nSPS) is 22.0. The number of pyridine rings is 1. The molecule has 2 saturated heterocycles. The number of carbonyl (C=O) groups is 1. The van der Waals surface area contributed by atoms with Gasteiger partial charge in [0, 0.05) is 26.2 Å². The van der Waals surface area contributed by atoms with E-state index in [1.165, 1.54) is 19.0 Å². The Labute approximate surface area is 142 Å². The lowest BCUT2D eigenvalue weighted by molar-refractivity contribution is 0.0355. The minimum Gasteiger partial charge on any atom is -0.375 e. The first-order chi connectivity index (χ1) is 11.7. The predicted octanol–water partition coefficient (Wildman–Crippen LogP) is 1.67. The monoisotopic (exact) mass is 329 g/mol. The smallest absolute Gasteiger partial charge is 0.321 e. The molecule has 0 bridgehead atoms. The molecule has 0 radical (unpaired) electrons. The van der Waals surface area contributed by atoms with E-state index in [1.807, 2.05) is 11.0 Å². The highest BCUT2D eigenvalue weighted by atomic mass is 16.5. The molecule has 0 unspecified atom stereocenters. The summed E-state index contributed by atoms with van der Waals surface area (Å²) in [5.74, 6) is 0. The van der Waals surface area contributed by atoms with Crippen molar-refractivity contribution in [1.82, 2.24) is 14.8 Å². The molecule has 1 atom stereocenters. The largest absolute Gasteiger partial charge is 0.375 e. The van der Waals surface area contributed by atoms with Crippen LogP contribution in [0.15, 0.2) is 18.3 Å². The summed E-state index contributed by atoms with van der Waals surface area (Å²) in [5.41, 5.74) is 0.933. The van der Waals surface area contributed by atoms with Crippen LogP contribution in [0.2, 0.25) is 0 Å². The summed E-state index contributed by atoms with van der Waals surface area (Å²) in [5, 5.41) is 11.6. The number of carbonyl (C=O) groups excluding carboxylic acids is 1. The Kier molecular flexibility index (Phi) is 5.62. The van der Waals surface area contributed by atoms with E-state index in [4.69, 9.17) is 10.00 Å². The van der Waals surface area contributed by atoms with Crippen molar-refractivity contribution in [2.45, 2.75) is 25.4 Å². The Morgan fingerprint density at radius 2 is 2.17 bits per heavy atom. The molecule has 1 aromatic rings. The first kappa shape index (κ1) is 16.7. The van der Waals surface area contributed by atoms with Crippen LogP contribution in [0, 0.1) is 11.3 Å². The summed E-state index contributed by atoms with van der Waals surface area (Å²) >= 11 is 0. The molecule has 2 aliphatic heterocycles. The van der Waals surface area contributed by atoms with Gasteiger partial charge in [-0.1, -0.05) is 0 Å². The van der Waals surface area contributed by atoms with Crippen LogP contribution in [0.25, 0.3) is 0 Å². The number of nitriles is 1. The lowest BCUT2D eigenvalue weighted by Gasteiger charge is -2.27. The molecule has 128 valence electrons. The minimum absolute atomic E-state index is 0.0652. The van der Waals surface area contributed by atoms with Gasteiger partial charge in [-0.05, 0) is 44.5 Å². The van der Waals surface area contributed by atoms with E-state index in [-0.39, 0.29) is 12.1 Å². The summed E-state index contributed by atoms with van der Waals surface area (Å²) in [6.07, 6.45) is 4.92. The number of urea groups is 1. The molecule has 3 rings (SSSR count). The number of nitrogens with zero attached hydrogens (tertiary/aromatic N) is 4. The van der Waals surface area contributed by atoms with Gasteiger partial charge in [-0.25, -0.2) is 9.78 Å². The molecule has 0 saturated carbocycles. The fourth-order valence-electron chi connectivity index (χ4n) is 3.18. The van der Waals surface area contributed by atoms with Gasteiger partial charge in [-0.15, -0.1) is 0 Å². The van der Waals surface area contributed by atoms with Crippen molar-refractivity contribution < 1.29 is 9.53 Å². The zero-order chi connectivity index (χ0) is 16.8. The number of likely N-dealkylation sites (tertiary alicyclic amines) is 1. The van der Waals surface area contributed by atoms with Gasteiger partial charge in [0.1, 0.15) is 11.8 Å². The van der Waals surface area contributed by atoms with E-state index in [9.17, 15) is 4.79 Å². The van der Waals surface area contributed by atoms with Crippen molar-refractivity contribution in [3.8, 4) is 6.07 Å². The summed E-state index contributed by atoms with van der Waals surface area (Å²) in [6.45, 7) is 5.13. The van der Waals surface area contributed by atoms with E-state index in [0.29, 0.717) is 31.1 Å². The first-order valence-electron chi connectivity index (χ1n) is 8.50. The summed E-state index contributed by atoms with van der Waals surface area (Å²) in [6, 6.07) is 5.11. The van der Waals surface area contributed by atoms with Gasteiger partial charge in [0.05, 0.1) is 18.0 Å². The standard InChI is InChI=1S/C17H23N5O2/c18-10-14-4-5-15(11-19-14)20-17(23)22-8-3-9-24-16(13-22)12-21-6-1-2-7-21/h4-5,11,16H,1-3,6-9,12-13H2,(H,20,23)/t16-/m1/s1. The van der Waals surface area contributed by atoms with Crippen LogP contribution >= 0.6 is 0 Å². The third-order valence-corrected chi connectivity index (χ3v) is 4.43. The molecule has 1 N–H and O–H groups in total. The molecular formula is C17H23N5O2. The van der Waals surface area contributed by atoms with Crippen molar-refractivity contribution in [1.29, 1.82) is 5.26 Å². The molecule has 2 fully saturated rings. The zero-order valence-corrected chi connectivity index (χ0v) is 13.8. The van der Waals surface area contributed by atoms with E-state index < -0.39 is 0 Å². The maximum atomic E-state index is 12.5. The molecule has 1 aromatic heterocycles. The second-order valence-corrected chi connectivity index (χ2v) is 6.27. The summed E-state index contributed by atoms with van der Waals surface area (Å²) < 4.78 is 5.91. The van der Waals surface area contributed by atoms with Gasteiger partial charge >= 0.3 is 6.03 Å². The van der Waals surface area contributed by atoms with Crippen LogP contribution in [0.1, 0.15) is 25.0 Å². The van der Waals surface area contributed by atoms with Crippen LogP contribution in [0.4, 0.5) is 10.5 Å². The van der Waals surface area contributed by atoms with Crippen molar-refractivity contribution in [2.24, 2.45) is 0 Å². The molecule has 3 heterocycles. The summed E-state index contributed by atoms with van der Waals surface area (Å²) in [7, 11) is 0. The molecule has 0 spiro atoms.